The third kappa shape index (κ3) is 6.58. The number of hydrogen-bond acceptors (Lipinski definition) is 5. The Morgan fingerprint density at radius 3 is 1.85 bits per heavy atom. The minimum atomic E-state index is -5.89. The molecule has 0 unspecified atom stereocenters. The molecule has 1 amide bonds. The Morgan fingerprint density at radius 2 is 1.39 bits per heavy atom. The molecule has 46 heavy (non-hydrogen) atoms. The average Bonchev–Trinajstić information content (AvgIpc) is 3.28. The van der Waals surface area contributed by atoms with Crippen molar-refractivity contribution in [1.82, 2.24) is 4.90 Å². The molecule has 2 fully saturated rings. The van der Waals surface area contributed by atoms with Gasteiger partial charge < -0.3 is 13.5 Å². The van der Waals surface area contributed by atoms with Crippen molar-refractivity contribution >= 4 is 57.9 Å². The van der Waals surface area contributed by atoms with E-state index < -0.39 is 35.1 Å². The van der Waals surface area contributed by atoms with E-state index in [2.05, 4.69) is 73.5 Å². The van der Waals surface area contributed by atoms with Gasteiger partial charge in [0.2, 0.25) is 5.91 Å². The number of amides is 1. The third-order valence-corrected chi connectivity index (χ3v) is 15.9. The number of alkyl halides is 3. The number of halogens is 5. The maximum absolute atomic E-state index is 13.8. The zero-order valence-electron chi connectivity index (χ0n) is 25.7. The molecule has 0 atom stereocenters. The Hall–Kier alpha value is -2.57. The van der Waals surface area contributed by atoms with Gasteiger partial charge in [0.15, 0.2) is 0 Å². The van der Waals surface area contributed by atoms with Gasteiger partial charge in [-0.1, -0.05) is 105 Å². The van der Waals surface area contributed by atoms with Gasteiger partial charge >= 0.3 is 15.6 Å². The number of likely N-dealkylation sites (tertiary alicyclic amines) is 1. The lowest BCUT2D eigenvalue weighted by atomic mass is 9.72. The highest BCUT2D eigenvalue weighted by Gasteiger charge is 2.54. The second-order valence-corrected chi connectivity index (χ2v) is 19.7. The summed E-state index contributed by atoms with van der Waals surface area (Å²) >= 11 is 12.6. The smallest absolute Gasteiger partial charge is 0.404 e. The first-order chi connectivity index (χ1) is 21.5. The van der Waals surface area contributed by atoms with Crippen molar-refractivity contribution in [2.75, 3.05) is 6.54 Å². The SMILES string of the molecule is CC(C)(C)[Si](OC1CCC2(CC1)CCN(Cc1c(Cl)cc(OS(=O)(=O)C(F)(F)F)cc1Cl)C2=O)(c1ccccc1)c1ccccc1. The first kappa shape index (κ1) is 34.8. The van der Waals surface area contributed by atoms with Gasteiger partial charge in [-0.05, 0) is 47.5 Å². The maximum atomic E-state index is 13.8. The van der Waals surface area contributed by atoms with Crippen LogP contribution in [0, 0.1) is 5.41 Å². The van der Waals surface area contributed by atoms with Crippen LogP contribution >= 0.6 is 23.2 Å². The van der Waals surface area contributed by atoms with Crippen LogP contribution in [-0.4, -0.2) is 45.7 Å². The van der Waals surface area contributed by atoms with E-state index >= 15 is 0 Å². The summed E-state index contributed by atoms with van der Waals surface area (Å²) in [4.78, 5) is 15.5. The van der Waals surface area contributed by atoms with E-state index in [1.807, 2.05) is 12.1 Å². The molecule has 0 N–H and O–H groups in total. The molecular formula is C33H36Cl2F3NO5SSi. The van der Waals surface area contributed by atoms with Crippen molar-refractivity contribution in [3.63, 3.8) is 0 Å². The molecule has 0 radical (unpaired) electrons. The summed E-state index contributed by atoms with van der Waals surface area (Å²) in [7, 11) is -8.64. The molecule has 0 bridgehead atoms. The van der Waals surface area contributed by atoms with Crippen LogP contribution in [-0.2, 0) is 25.9 Å². The number of nitrogens with zero attached hydrogens (tertiary/aromatic N) is 1. The summed E-state index contributed by atoms with van der Waals surface area (Å²) in [6.45, 7) is 7.23. The monoisotopic (exact) mass is 713 g/mol. The largest absolute Gasteiger partial charge is 0.534 e. The quantitative estimate of drug-likeness (QED) is 0.138. The lowest BCUT2D eigenvalue weighted by Gasteiger charge is -2.47. The van der Waals surface area contributed by atoms with Crippen LogP contribution in [0.5, 0.6) is 5.75 Å². The van der Waals surface area contributed by atoms with Crippen LogP contribution in [0.2, 0.25) is 15.1 Å². The van der Waals surface area contributed by atoms with Crippen molar-refractivity contribution < 1.29 is 35.0 Å². The van der Waals surface area contributed by atoms with Crippen molar-refractivity contribution in [3.05, 3.63) is 88.4 Å². The van der Waals surface area contributed by atoms with Gasteiger partial charge in [-0.3, -0.25) is 4.79 Å². The Labute approximate surface area is 279 Å². The standard InChI is InChI=1S/C33H36Cl2F3NO5SSi/c1-31(2,3)46(25-10-6-4-7-11-25,26-12-8-5-9-13-26)44-23-14-16-32(17-15-23)18-19-39(30(32)40)22-27-28(34)20-24(21-29(27)35)43-45(41,42)33(36,37)38/h4-13,20-21,23H,14-19,22H2,1-3H3. The van der Waals surface area contributed by atoms with Crippen LogP contribution in [0.3, 0.4) is 0 Å². The molecule has 2 aliphatic rings. The Bertz CT molecular complexity index is 1610. The molecule has 5 rings (SSSR count). The fraction of sp³-hybridized carbons (Fsp3) is 0.424. The fourth-order valence-corrected chi connectivity index (χ4v) is 12.6. The van der Waals surface area contributed by atoms with Crippen LogP contribution in [0.15, 0.2) is 72.8 Å². The zero-order chi connectivity index (χ0) is 33.5. The molecule has 1 spiro atoms. The van der Waals surface area contributed by atoms with Crippen molar-refractivity contribution in [3.8, 4) is 5.75 Å². The van der Waals surface area contributed by atoms with Gasteiger partial charge in [-0.2, -0.15) is 21.6 Å². The molecule has 248 valence electrons. The molecule has 1 aliphatic heterocycles. The van der Waals surface area contributed by atoms with Gasteiger partial charge in [0.1, 0.15) is 5.75 Å². The lowest BCUT2D eigenvalue weighted by molar-refractivity contribution is -0.139. The van der Waals surface area contributed by atoms with Crippen molar-refractivity contribution in [2.24, 2.45) is 5.41 Å². The van der Waals surface area contributed by atoms with Crippen molar-refractivity contribution in [2.45, 2.75) is 76.1 Å². The third-order valence-electron chi connectivity index (χ3n) is 9.20. The highest BCUT2D eigenvalue weighted by atomic mass is 35.5. The Morgan fingerprint density at radius 1 is 0.891 bits per heavy atom. The topological polar surface area (TPSA) is 72.9 Å². The van der Waals surface area contributed by atoms with E-state index in [-0.39, 0.29) is 33.6 Å². The Balaban J connectivity index is 1.31. The Kier molecular flexibility index (Phi) is 9.67. The summed E-state index contributed by atoms with van der Waals surface area (Å²) in [5, 5.41) is 2.05. The van der Waals surface area contributed by atoms with Crippen LogP contribution in [0.1, 0.15) is 58.4 Å². The van der Waals surface area contributed by atoms with Gasteiger partial charge in [-0.15, -0.1) is 0 Å². The first-order valence-corrected chi connectivity index (χ1v) is 19.1. The molecule has 3 aromatic carbocycles. The number of benzene rings is 3. The molecule has 1 aliphatic carbocycles. The second-order valence-electron chi connectivity index (χ2n) is 13.1. The van der Waals surface area contributed by atoms with Gasteiger partial charge in [0.25, 0.3) is 8.32 Å². The first-order valence-electron chi connectivity index (χ1n) is 15.1. The van der Waals surface area contributed by atoms with Gasteiger partial charge in [0, 0.05) is 36.9 Å². The highest BCUT2D eigenvalue weighted by molar-refractivity contribution is 7.88. The molecule has 3 aromatic rings. The van der Waals surface area contributed by atoms with E-state index in [1.165, 1.54) is 10.4 Å². The fourth-order valence-electron chi connectivity index (χ4n) is 6.85. The number of carbonyl (C=O) groups excluding carboxylic acids is 1. The van der Waals surface area contributed by atoms with Crippen LogP contribution < -0.4 is 14.6 Å². The molecule has 0 aromatic heterocycles. The van der Waals surface area contributed by atoms with E-state index in [9.17, 15) is 26.4 Å². The predicted molar refractivity (Wildman–Crippen MR) is 175 cm³/mol. The van der Waals surface area contributed by atoms with E-state index in [4.69, 9.17) is 27.6 Å². The molecule has 1 heterocycles. The van der Waals surface area contributed by atoms with E-state index in [0.717, 1.165) is 25.0 Å². The summed E-state index contributed by atoms with van der Waals surface area (Å²) in [5.74, 6) is -0.692. The minimum absolute atomic E-state index is 0.0245. The van der Waals surface area contributed by atoms with Crippen LogP contribution in [0.4, 0.5) is 13.2 Å². The summed E-state index contributed by atoms with van der Waals surface area (Å²) in [6.07, 6.45) is 3.40. The summed E-state index contributed by atoms with van der Waals surface area (Å²) < 4.78 is 72.7. The lowest BCUT2D eigenvalue weighted by Crippen LogP contribution is -2.68. The minimum Gasteiger partial charge on any atom is -0.404 e. The highest BCUT2D eigenvalue weighted by Crippen LogP contribution is 2.48. The summed E-state index contributed by atoms with van der Waals surface area (Å²) in [5.41, 5.74) is -5.85. The zero-order valence-corrected chi connectivity index (χ0v) is 29.1. The van der Waals surface area contributed by atoms with Gasteiger partial charge in [0.05, 0.1) is 15.5 Å². The molecular weight excluding hydrogens is 678 g/mol. The number of hydrogen-bond donors (Lipinski definition) is 0. The van der Waals surface area contributed by atoms with Gasteiger partial charge in [-0.25, -0.2) is 0 Å². The molecule has 1 saturated carbocycles. The second kappa shape index (κ2) is 12.8. The van der Waals surface area contributed by atoms with E-state index in [0.29, 0.717) is 31.4 Å². The number of carbonyl (C=O) groups is 1. The average molecular weight is 715 g/mol. The van der Waals surface area contributed by atoms with Crippen molar-refractivity contribution in [1.29, 1.82) is 0 Å². The molecule has 6 nitrogen and oxygen atoms in total. The number of rotatable bonds is 8. The molecule has 1 saturated heterocycles. The predicted octanol–water partition coefficient (Wildman–Crippen LogP) is 7.46. The molecule has 13 heteroatoms. The normalized spacial score (nSPS) is 21.2. The summed E-state index contributed by atoms with van der Waals surface area (Å²) in [6, 6.07) is 22.8. The maximum Gasteiger partial charge on any atom is 0.534 e. The van der Waals surface area contributed by atoms with E-state index in [1.54, 1.807) is 4.90 Å². The van der Waals surface area contributed by atoms with Crippen LogP contribution in [0.25, 0.3) is 0 Å².